The number of carbonyl (C=O) groups is 2. The first-order valence-electron chi connectivity index (χ1n) is 6.82. The molecule has 0 bridgehead atoms. The van der Waals surface area contributed by atoms with Crippen molar-refractivity contribution in [1.82, 2.24) is 0 Å². The van der Waals surface area contributed by atoms with Crippen LogP contribution in [0.2, 0.25) is 0 Å². The Morgan fingerprint density at radius 1 is 1.26 bits per heavy atom. The van der Waals surface area contributed by atoms with Gasteiger partial charge in [0, 0.05) is 0 Å². The molecule has 2 unspecified atom stereocenters. The first kappa shape index (κ1) is 16.2. The Bertz CT molecular complexity index is 430. The van der Waals surface area contributed by atoms with E-state index in [-0.39, 0.29) is 16.1 Å². The van der Waals surface area contributed by atoms with Crippen LogP contribution in [0, 0.1) is 5.41 Å². The Balaban J connectivity index is 2.62. The molecule has 2 atom stereocenters. The van der Waals surface area contributed by atoms with Gasteiger partial charge in [0.1, 0.15) is 0 Å². The van der Waals surface area contributed by atoms with Crippen molar-refractivity contribution >= 4 is 22.7 Å². The molecule has 1 aliphatic heterocycles. The third-order valence-electron chi connectivity index (χ3n) is 3.60. The summed E-state index contributed by atoms with van der Waals surface area (Å²) in [6.45, 7) is 9.86. The fourth-order valence-electron chi connectivity index (χ4n) is 2.15. The van der Waals surface area contributed by atoms with Crippen molar-refractivity contribution in [3.63, 3.8) is 0 Å². The van der Waals surface area contributed by atoms with Gasteiger partial charge in [-0.2, -0.15) is 0 Å². The van der Waals surface area contributed by atoms with E-state index in [9.17, 15) is 9.59 Å². The molecule has 0 aromatic heterocycles. The van der Waals surface area contributed by atoms with Gasteiger partial charge in [-0.25, -0.2) is 0 Å². The zero-order valence-corrected chi connectivity index (χ0v) is 13.4. The molecule has 2 nitrogen and oxygen atoms in total. The molecular formula is C16H24O2S. The molecule has 106 valence electrons. The largest absolute Gasteiger partial charge is 0.297 e. The molecule has 0 spiro atoms. The van der Waals surface area contributed by atoms with Gasteiger partial charge in [0.15, 0.2) is 5.78 Å². The second kappa shape index (κ2) is 6.56. The standard InChI is InChI=1S/C16H24O2S/c1-11(2)7-6-8-12(3)9-10-16(5)14(17)13(4)19-15(16)18/h7,9,13H,6,8,10H2,1-5H3/b12-9+. The predicted molar refractivity (Wildman–Crippen MR) is 82.2 cm³/mol. The molecule has 0 aliphatic carbocycles. The number of hydrogen-bond donors (Lipinski definition) is 0. The predicted octanol–water partition coefficient (Wildman–Crippen LogP) is 4.31. The second-order valence-corrected chi connectivity index (χ2v) is 7.13. The Hall–Kier alpha value is -0.830. The van der Waals surface area contributed by atoms with E-state index < -0.39 is 5.41 Å². The number of carbonyl (C=O) groups excluding carboxylic acids is 2. The molecule has 1 saturated heterocycles. The maximum atomic E-state index is 12.1. The topological polar surface area (TPSA) is 34.1 Å². The van der Waals surface area contributed by atoms with Gasteiger partial charge in [-0.15, -0.1) is 0 Å². The van der Waals surface area contributed by atoms with Gasteiger partial charge < -0.3 is 0 Å². The van der Waals surface area contributed by atoms with Gasteiger partial charge in [0.2, 0.25) is 5.12 Å². The van der Waals surface area contributed by atoms with Crippen LogP contribution in [-0.2, 0) is 9.59 Å². The minimum Gasteiger partial charge on any atom is -0.297 e. The highest BCUT2D eigenvalue weighted by Gasteiger charge is 2.49. The lowest BCUT2D eigenvalue weighted by molar-refractivity contribution is -0.132. The van der Waals surface area contributed by atoms with Crippen LogP contribution in [0.1, 0.15) is 53.9 Å². The molecule has 0 amide bonds. The molecule has 0 aromatic carbocycles. The first-order valence-corrected chi connectivity index (χ1v) is 7.69. The van der Waals surface area contributed by atoms with Crippen molar-refractivity contribution in [2.75, 3.05) is 0 Å². The van der Waals surface area contributed by atoms with Crippen molar-refractivity contribution in [3.8, 4) is 0 Å². The molecule has 1 aliphatic rings. The summed E-state index contributed by atoms with van der Waals surface area (Å²) < 4.78 is 0. The molecule has 0 aromatic rings. The van der Waals surface area contributed by atoms with Crippen LogP contribution in [0.4, 0.5) is 0 Å². The monoisotopic (exact) mass is 280 g/mol. The van der Waals surface area contributed by atoms with E-state index in [2.05, 4.69) is 32.9 Å². The lowest BCUT2D eigenvalue weighted by atomic mass is 9.82. The highest BCUT2D eigenvalue weighted by atomic mass is 32.2. The smallest absolute Gasteiger partial charge is 0.203 e. The van der Waals surface area contributed by atoms with E-state index in [1.165, 1.54) is 22.9 Å². The van der Waals surface area contributed by atoms with Crippen LogP contribution in [0.5, 0.6) is 0 Å². The zero-order valence-electron chi connectivity index (χ0n) is 12.6. The summed E-state index contributed by atoms with van der Waals surface area (Å²) in [6.07, 6.45) is 6.83. The number of hydrogen-bond acceptors (Lipinski definition) is 3. The Labute approximate surface area is 120 Å². The lowest BCUT2D eigenvalue weighted by Crippen LogP contribution is -2.30. The zero-order chi connectivity index (χ0) is 14.6. The summed E-state index contributed by atoms with van der Waals surface area (Å²) in [7, 11) is 0. The third kappa shape index (κ3) is 4.07. The molecule has 1 heterocycles. The van der Waals surface area contributed by atoms with Crippen molar-refractivity contribution < 1.29 is 9.59 Å². The minimum atomic E-state index is -0.804. The van der Waals surface area contributed by atoms with Crippen molar-refractivity contribution in [1.29, 1.82) is 0 Å². The van der Waals surface area contributed by atoms with Crippen molar-refractivity contribution in [2.24, 2.45) is 5.41 Å². The summed E-state index contributed by atoms with van der Waals surface area (Å²) in [6, 6.07) is 0. The van der Waals surface area contributed by atoms with Gasteiger partial charge in [-0.1, -0.05) is 35.1 Å². The van der Waals surface area contributed by atoms with Crippen LogP contribution < -0.4 is 0 Å². The summed E-state index contributed by atoms with van der Waals surface area (Å²) in [5.41, 5.74) is 1.78. The first-order chi connectivity index (χ1) is 8.77. The number of rotatable bonds is 5. The Morgan fingerprint density at radius 3 is 2.37 bits per heavy atom. The highest BCUT2D eigenvalue weighted by Crippen LogP contribution is 2.42. The fourth-order valence-corrected chi connectivity index (χ4v) is 3.28. The van der Waals surface area contributed by atoms with Crippen LogP contribution in [-0.4, -0.2) is 16.1 Å². The quantitative estimate of drug-likeness (QED) is 0.556. The van der Waals surface area contributed by atoms with E-state index >= 15 is 0 Å². The molecule has 0 radical (unpaired) electrons. The van der Waals surface area contributed by atoms with Gasteiger partial charge in [0.05, 0.1) is 10.7 Å². The van der Waals surface area contributed by atoms with Crippen LogP contribution >= 0.6 is 11.8 Å². The summed E-state index contributed by atoms with van der Waals surface area (Å²) in [5, 5.41) is -0.157. The van der Waals surface area contributed by atoms with E-state index in [1.54, 1.807) is 6.92 Å². The average molecular weight is 280 g/mol. The third-order valence-corrected chi connectivity index (χ3v) is 4.83. The fraction of sp³-hybridized carbons (Fsp3) is 0.625. The summed E-state index contributed by atoms with van der Waals surface area (Å²) in [4.78, 5) is 24.0. The highest BCUT2D eigenvalue weighted by molar-refractivity contribution is 8.15. The van der Waals surface area contributed by atoms with Gasteiger partial charge in [-0.05, 0) is 53.9 Å². The maximum absolute atomic E-state index is 12.1. The molecule has 19 heavy (non-hydrogen) atoms. The van der Waals surface area contributed by atoms with Gasteiger partial charge in [-0.3, -0.25) is 9.59 Å². The average Bonchev–Trinajstić information content (AvgIpc) is 2.51. The molecule has 0 saturated carbocycles. The van der Waals surface area contributed by atoms with E-state index in [1.807, 2.05) is 6.92 Å². The molecular weight excluding hydrogens is 256 g/mol. The Kier molecular flexibility index (Phi) is 5.60. The summed E-state index contributed by atoms with van der Waals surface area (Å²) in [5.74, 6) is 0.0795. The lowest BCUT2D eigenvalue weighted by Gasteiger charge is -2.17. The van der Waals surface area contributed by atoms with E-state index in [0.29, 0.717) is 6.42 Å². The molecule has 1 rings (SSSR count). The molecule has 1 fully saturated rings. The number of ketones is 1. The van der Waals surface area contributed by atoms with E-state index in [4.69, 9.17) is 0 Å². The van der Waals surface area contributed by atoms with E-state index in [0.717, 1.165) is 12.8 Å². The SMILES string of the molecule is CC(C)=CCC/C(C)=C/CC1(C)C(=O)SC(C)C1=O. The normalized spacial score (nSPS) is 27.8. The van der Waals surface area contributed by atoms with Crippen LogP contribution in [0.3, 0.4) is 0 Å². The number of Topliss-reactive ketones (excluding diaryl/α,β-unsaturated/α-hetero) is 1. The van der Waals surface area contributed by atoms with Crippen molar-refractivity contribution in [2.45, 2.75) is 59.1 Å². The van der Waals surface area contributed by atoms with Crippen molar-refractivity contribution in [3.05, 3.63) is 23.3 Å². The van der Waals surface area contributed by atoms with Gasteiger partial charge >= 0.3 is 0 Å². The van der Waals surface area contributed by atoms with Crippen LogP contribution in [0.25, 0.3) is 0 Å². The second-order valence-electron chi connectivity index (χ2n) is 5.82. The van der Waals surface area contributed by atoms with Crippen LogP contribution in [0.15, 0.2) is 23.3 Å². The minimum absolute atomic E-state index is 0.0262. The number of thioether (sulfide) groups is 1. The molecule has 0 N–H and O–H groups in total. The summed E-state index contributed by atoms with van der Waals surface area (Å²) >= 11 is 1.18. The maximum Gasteiger partial charge on any atom is 0.203 e. The van der Waals surface area contributed by atoms with Gasteiger partial charge in [0.25, 0.3) is 0 Å². The molecule has 3 heteroatoms. The Morgan fingerprint density at radius 2 is 1.89 bits per heavy atom. The number of allylic oxidation sites excluding steroid dienone is 4.